The standard InChI is InChI=1S/C24H28N4O2/c1-26(2)22(29)11-12-23(30)27-16-13-24(14-17-27,19-8-4-3-5-9-19)20-18-28-15-7-6-10-21(28)25-20/h3-10,15,18H,11-14,16-17H2,1-2H3. The van der Waals surface area contributed by atoms with Crippen molar-refractivity contribution >= 4 is 17.5 Å². The van der Waals surface area contributed by atoms with Crippen molar-refractivity contribution in [2.45, 2.75) is 31.1 Å². The molecule has 3 heterocycles. The zero-order valence-electron chi connectivity index (χ0n) is 17.6. The topological polar surface area (TPSA) is 57.9 Å². The van der Waals surface area contributed by atoms with Crippen LogP contribution in [0.1, 0.15) is 36.9 Å². The van der Waals surface area contributed by atoms with Gasteiger partial charge in [-0.15, -0.1) is 0 Å². The monoisotopic (exact) mass is 404 g/mol. The van der Waals surface area contributed by atoms with Crippen LogP contribution in [-0.2, 0) is 15.0 Å². The summed E-state index contributed by atoms with van der Waals surface area (Å²) in [7, 11) is 3.44. The van der Waals surface area contributed by atoms with Crippen molar-refractivity contribution in [3.8, 4) is 0 Å². The number of hydrogen-bond acceptors (Lipinski definition) is 3. The smallest absolute Gasteiger partial charge is 0.223 e. The summed E-state index contributed by atoms with van der Waals surface area (Å²) in [5.41, 5.74) is 3.00. The third-order valence-electron chi connectivity index (χ3n) is 6.20. The van der Waals surface area contributed by atoms with E-state index in [1.165, 1.54) is 10.5 Å². The Morgan fingerprint density at radius 1 is 1.00 bits per heavy atom. The van der Waals surface area contributed by atoms with E-state index in [2.05, 4.69) is 34.9 Å². The minimum Gasteiger partial charge on any atom is -0.349 e. The lowest BCUT2D eigenvalue weighted by atomic mass is 9.70. The number of aromatic nitrogens is 2. The van der Waals surface area contributed by atoms with Crippen molar-refractivity contribution in [2.75, 3.05) is 27.2 Å². The van der Waals surface area contributed by atoms with Crippen molar-refractivity contribution in [2.24, 2.45) is 0 Å². The molecule has 0 unspecified atom stereocenters. The van der Waals surface area contributed by atoms with E-state index in [1.54, 1.807) is 14.1 Å². The number of carbonyl (C=O) groups excluding carboxylic acids is 2. The van der Waals surface area contributed by atoms with Gasteiger partial charge in [-0.05, 0) is 30.5 Å². The Bertz CT molecular complexity index is 1000. The molecule has 3 aromatic rings. The second kappa shape index (κ2) is 8.30. The van der Waals surface area contributed by atoms with E-state index >= 15 is 0 Å². The van der Waals surface area contributed by atoms with Gasteiger partial charge in [-0.2, -0.15) is 0 Å². The highest BCUT2D eigenvalue weighted by Crippen LogP contribution is 2.41. The third-order valence-corrected chi connectivity index (χ3v) is 6.20. The molecule has 2 amide bonds. The highest BCUT2D eigenvalue weighted by molar-refractivity contribution is 5.83. The molecule has 6 heteroatoms. The number of amides is 2. The average molecular weight is 405 g/mol. The first-order valence-corrected chi connectivity index (χ1v) is 10.5. The number of hydrogen-bond donors (Lipinski definition) is 0. The van der Waals surface area contributed by atoms with E-state index in [-0.39, 0.29) is 30.1 Å². The lowest BCUT2D eigenvalue weighted by molar-refractivity contribution is -0.136. The lowest BCUT2D eigenvalue weighted by Gasteiger charge is -2.41. The Morgan fingerprint density at radius 3 is 2.37 bits per heavy atom. The minimum absolute atomic E-state index is 0.0105. The van der Waals surface area contributed by atoms with Crippen LogP contribution in [0.4, 0.5) is 0 Å². The van der Waals surface area contributed by atoms with Crippen molar-refractivity contribution in [1.82, 2.24) is 19.2 Å². The fourth-order valence-corrected chi connectivity index (χ4v) is 4.35. The molecule has 1 saturated heterocycles. The fraction of sp³-hybridized carbons (Fsp3) is 0.375. The maximum atomic E-state index is 12.7. The van der Waals surface area contributed by atoms with Gasteiger partial charge in [0.25, 0.3) is 0 Å². The van der Waals surface area contributed by atoms with Crippen LogP contribution in [-0.4, -0.2) is 58.2 Å². The average Bonchev–Trinajstić information content (AvgIpc) is 3.22. The largest absolute Gasteiger partial charge is 0.349 e. The van der Waals surface area contributed by atoms with Crippen LogP contribution in [0.5, 0.6) is 0 Å². The number of nitrogens with zero attached hydrogens (tertiary/aromatic N) is 4. The van der Waals surface area contributed by atoms with Crippen LogP contribution in [0.2, 0.25) is 0 Å². The summed E-state index contributed by atoms with van der Waals surface area (Å²) in [4.78, 5) is 32.9. The molecule has 0 radical (unpaired) electrons. The normalized spacial score (nSPS) is 15.9. The summed E-state index contributed by atoms with van der Waals surface area (Å²) in [6, 6.07) is 16.5. The Balaban J connectivity index is 1.56. The maximum Gasteiger partial charge on any atom is 0.223 e. The Morgan fingerprint density at radius 2 is 1.70 bits per heavy atom. The van der Waals surface area contributed by atoms with Gasteiger partial charge in [-0.3, -0.25) is 9.59 Å². The quantitative estimate of drug-likeness (QED) is 0.657. The number of pyridine rings is 1. The molecule has 6 nitrogen and oxygen atoms in total. The van der Waals surface area contributed by atoms with E-state index < -0.39 is 0 Å². The van der Waals surface area contributed by atoms with Gasteiger partial charge >= 0.3 is 0 Å². The molecule has 1 aromatic carbocycles. The van der Waals surface area contributed by atoms with Crippen LogP contribution in [0.3, 0.4) is 0 Å². The van der Waals surface area contributed by atoms with Crippen LogP contribution < -0.4 is 0 Å². The van der Waals surface area contributed by atoms with E-state index in [0.29, 0.717) is 13.1 Å². The van der Waals surface area contributed by atoms with Crippen LogP contribution in [0, 0.1) is 0 Å². The molecule has 0 spiro atoms. The minimum atomic E-state index is -0.219. The van der Waals surface area contributed by atoms with E-state index in [0.717, 1.165) is 24.2 Å². The number of imidazole rings is 1. The number of likely N-dealkylation sites (tertiary alicyclic amines) is 1. The van der Waals surface area contributed by atoms with Crippen molar-refractivity contribution < 1.29 is 9.59 Å². The van der Waals surface area contributed by atoms with Gasteiger partial charge < -0.3 is 14.2 Å². The first-order chi connectivity index (χ1) is 14.5. The van der Waals surface area contributed by atoms with Crippen LogP contribution >= 0.6 is 0 Å². The molecule has 1 fully saturated rings. The molecule has 0 bridgehead atoms. The van der Waals surface area contributed by atoms with Crippen molar-refractivity contribution in [3.63, 3.8) is 0 Å². The van der Waals surface area contributed by atoms with E-state index in [9.17, 15) is 9.59 Å². The molecule has 1 aliphatic heterocycles. The lowest BCUT2D eigenvalue weighted by Crippen LogP contribution is -2.46. The van der Waals surface area contributed by atoms with Crippen molar-refractivity contribution in [1.29, 1.82) is 0 Å². The summed E-state index contributed by atoms with van der Waals surface area (Å²) in [5.74, 6) is 0.0468. The van der Waals surface area contributed by atoms with Crippen LogP contribution in [0.25, 0.3) is 5.65 Å². The summed E-state index contributed by atoms with van der Waals surface area (Å²) < 4.78 is 2.06. The summed E-state index contributed by atoms with van der Waals surface area (Å²) in [6.45, 7) is 1.33. The Hall–Kier alpha value is -3.15. The zero-order valence-corrected chi connectivity index (χ0v) is 17.6. The second-order valence-corrected chi connectivity index (χ2v) is 8.21. The van der Waals surface area contributed by atoms with Crippen LogP contribution in [0.15, 0.2) is 60.9 Å². The van der Waals surface area contributed by atoms with Gasteiger partial charge in [0.2, 0.25) is 11.8 Å². The highest BCUT2D eigenvalue weighted by Gasteiger charge is 2.40. The highest BCUT2D eigenvalue weighted by atomic mass is 16.2. The van der Waals surface area contributed by atoms with Gasteiger partial charge in [0.05, 0.1) is 5.69 Å². The molecule has 0 N–H and O–H groups in total. The molecule has 0 aliphatic carbocycles. The molecule has 4 rings (SSSR count). The summed E-state index contributed by atoms with van der Waals surface area (Å²) in [5, 5.41) is 0. The number of benzene rings is 1. The van der Waals surface area contributed by atoms with Crippen molar-refractivity contribution in [3.05, 3.63) is 72.2 Å². The predicted molar refractivity (Wildman–Crippen MR) is 116 cm³/mol. The zero-order chi connectivity index (χ0) is 21.1. The van der Waals surface area contributed by atoms with Gasteiger partial charge in [-0.25, -0.2) is 4.98 Å². The number of rotatable bonds is 5. The molecule has 156 valence electrons. The molecular formula is C24H28N4O2. The molecular weight excluding hydrogens is 376 g/mol. The van der Waals surface area contributed by atoms with Gasteiger partial charge in [-0.1, -0.05) is 36.4 Å². The van der Waals surface area contributed by atoms with E-state index in [1.807, 2.05) is 35.4 Å². The fourth-order valence-electron chi connectivity index (χ4n) is 4.35. The second-order valence-electron chi connectivity index (χ2n) is 8.21. The van der Waals surface area contributed by atoms with E-state index in [4.69, 9.17) is 4.98 Å². The first-order valence-electron chi connectivity index (χ1n) is 10.5. The SMILES string of the molecule is CN(C)C(=O)CCC(=O)N1CCC(c2ccccc2)(c2cn3ccccc3n2)CC1. The van der Waals surface area contributed by atoms with Gasteiger partial charge in [0, 0.05) is 57.8 Å². The molecule has 0 saturated carbocycles. The summed E-state index contributed by atoms with van der Waals surface area (Å²) >= 11 is 0. The molecule has 30 heavy (non-hydrogen) atoms. The molecule has 1 aliphatic rings. The Kier molecular flexibility index (Phi) is 5.57. The number of fused-ring (bicyclic) bond motifs is 1. The Labute approximate surface area is 177 Å². The number of piperidine rings is 1. The number of carbonyl (C=O) groups is 2. The third kappa shape index (κ3) is 3.82. The first kappa shape index (κ1) is 20.1. The summed E-state index contributed by atoms with van der Waals surface area (Å²) in [6.07, 6.45) is 6.30. The maximum absolute atomic E-state index is 12.7. The van der Waals surface area contributed by atoms with Gasteiger partial charge in [0.1, 0.15) is 5.65 Å². The predicted octanol–water partition coefficient (Wildman–Crippen LogP) is 3.11. The molecule has 2 aromatic heterocycles. The van der Waals surface area contributed by atoms with Gasteiger partial charge in [0.15, 0.2) is 0 Å². The molecule has 0 atom stereocenters.